The van der Waals surface area contributed by atoms with E-state index in [1.165, 1.54) is 13.1 Å². The highest BCUT2D eigenvalue weighted by molar-refractivity contribution is 7.92. The fraction of sp³-hybridized carbons (Fsp3) is 0.143. The lowest BCUT2D eigenvalue weighted by molar-refractivity contribution is 0.101. The van der Waals surface area contributed by atoms with Gasteiger partial charge in [0.15, 0.2) is 5.78 Å². The van der Waals surface area contributed by atoms with Crippen LogP contribution in [0.25, 0.3) is 0 Å². The van der Waals surface area contributed by atoms with E-state index in [4.69, 9.17) is 0 Å². The van der Waals surface area contributed by atoms with E-state index in [1.54, 1.807) is 60.7 Å². The van der Waals surface area contributed by atoms with Gasteiger partial charge in [0, 0.05) is 11.3 Å². The Bertz CT molecular complexity index is 1060. The number of Topliss-reactive ketones (excluding diaryl/α,β-unsaturated/α-hetero) is 1. The minimum atomic E-state index is -3.69. The normalized spacial score (nSPS) is 11.1. The molecule has 3 aromatic rings. The number of carbonyl (C=O) groups is 1. The number of nitrogens with zero attached hydrogens (tertiary/aromatic N) is 1. The maximum Gasteiger partial charge on any atom is 0.263 e. The molecule has 2 N–H and O–H groups in total. The topological polar surface area (TPSA) is 88.2 Å². The van der Waals surface area contributed by atoms with Crippen molar-refractivity contribution in [2.45, 2.75) is 25.2 Å². The lowest BCUT2D eigenvalue weighted by atomic mass is 10.1. The van der Waals surface area contributed by atoms with Gasteiger partial charge in [-0.05, 0) is 67.4 Å². The van der Waals surface area contributed by atoms with Gasteiger partial charge in [-0.2, -0.15) is 0 Å². The number of sulfonamides is 1. The van der Waals surface area contributed by atoms with Crippen LogP contribution in [0, 0.1) is 0 Å². The fourth-order valence-corrected chi connectivity index (χ4v) is 3.59. The maximum atomic E-state index is 12.5. The molecule has 3 rings (SSSR count). The van der Waals surface area contributed by atoms with Crippen LogP contribution in [0.5, 0.6) is 0 Å². The molecule has 0 radical (unpaired) electrons. The predicted octanol–water partition coefficient (Wildman–Crippen LogP) is 4.39. The van der Waals surface area contributed by atoms with Gasteiger partial charge in [-0.25, -0.2) is 13.4 Å². The molecule has 0 aliphatic rings. The first-order valence-electron chi connectivity index (χ1n) is 8.83. The van der Waals surface area contributed by atoms with Crippen LogP contribution < -0.4 is 10.0 Å². The number of carbonyl (C=O) groups excluding carboxylic acids is 1. The molecular formula is C21H21N3O3S. The first-order valence-corrected chi connectivity index (χ1v) is 10.3. The summed E-state index contributed by atoms with van der Waals surface area (Å²) in [5.41, 5.74) is 3.21. The first kappa shape index (κ1) is 19.6. The number of hydrogen-bond donors (Lipinski definition) is 2. The zero-order valence-electron chi connectivity index (χ0n) is 15.6. The van der Waals surface area contributed by atoms with Crippen molar-refractivity contribution in [3.8, 4) is 0 Å². The number of hydrogen-bond acceptors (Lipinski definition) is 5. The largest absolute Gasteiger partial charge is 0.354 e. The van der Waals surface area contributed by atoms with Crippen molar-refractivity contribution in [2.75, 3.05) is 10.0 Å². The summed E-state index contributed by atoms with van der Waals surface area (Å²) in [7, 11) is -3.69. The average molecular weight is 395 g/mol. The van der Waals surface area contributed by atoms with Crippen LogP contribution >= 0.6 is 0 Å². The fourth-order valence-electron chi connectivity index (χ4n) is 2.58. The van der Waals surface area contributed by atoms with Crippen LogP contribution in [-0.2, 0) is 16.4 Å². The molecule has 0 spiro atoms. The minimum absolute atomic E-state index is 0.00851. The van der Waals surface area contributed by atoms with Crippen LogP contribution in [0.1, 0.15) is 29.8 Å². The molecule has 0 atom stereocenters. The molecule has 0 amide bonds. The van der Waals surface area contributed by atoms with Gasteiger partial charge in [-0.15, -0.1) is 0 Å². The SMILES string of the molecule is CCc1ccc(S(=O)(=O)Nc2ccc(Nc3ccc(C(C)=O)cc3)cn2)cc1. The molecule has 0 unspecified atom stereocenters. The molecule has 0 saturated heterocycles. The van der Waals surface area contributed by atoms with E-state index in [2.05, 4.69) is 15.0 Å². The van der Waals surface area contributed by atoms with Crippen molar-refractivity contribution in [2.24, 2.45) is 0 Å². The summed E-state index contributed by atoms with van der Waals surface area (Å²) in [6, 6.07) is 17.2. The highest BCUT2D eigenvalue weighted by atomic mass is 32.2. The highest BCUT2D eigenvalue weighted by Gasteiger charge is 2.14. The number of nitrogens with one attached hydrogen (secondary N) is 2. The van der Waals surface area contributed by atoms with E-state index in [0.29, 0.717) is 11.3 Å². The Morgan fingerprint density at radius 3 is 2.11 bits per heavy atom. The van der Waals surface area contributed by atoms with Crippen molar-refractivity contribution in [3.05, 3.63) is 78.0 Å². The number of aromatic nitrogens is 1. The number of rotatable bonds is 7. The molecular weight excluding hydrogens is 374 g/mol. The van der Waals surface area contributed by atoms with Gasteiger partial charge in [0.25, 0.3) is 10.0 Å². The third-order valence-electron chi connectivity index (χ3n) is 4.22. The van der Waals surface area contributed by atoms with Crippen molar-refractivity contribution >= 4 is 33.0 Å². The van der Waals surface area contributed by atoms with Crippen molar-refractivity contribution in [3.63, 3.8) is 0 Å². The molecule has 28 heavy (non-hydrogen) atoms. The van der Waals surface area contributed by atoms with E-state index in [0.717, 1.165) is 17.7 Å². The van der Waals surface area contributed by atoms with Crippen molar-refractivity contribution in [1.29, 1.82) is 0 Å². The first-order chi connectivity index (χ1) is 13.4. The van der Waals surface area contributed by atoms with Crippen molar-refractivity contribution < 1.29 is 13.2 Å². The smallest absolute Gasteiger partial charge is 0.263 e. The monoisotopic (exact) mass is 395 g/mol. The zero-order chi connectivity index (χ0) is 20.1. The van der Waals surface area contributed by atoms with Gasteiger partial charge in [-0.3, -0.25) is 9.52 Å². The Balaban J connectivity index is 1.68. The zero-order valence-corrected chi connectivity index (χ0v) is 16.5. The molecule has 6 nitrogen and oxygen atoms in total. The van der Waals surface area contributed by atoms with Crippen LogP contribution in [0.2, 0.25) is 0 Å². The summed E-state index contributed by atoms with van der Waals surface area (Å²) < 4.78 is 27.4. The lowest BCUT2D eigenvalue weighted by Crippen LogP contribution is -2.13. The van der Waals surface area contributed by atoms with Gasteiger partial charge >= 0.3 is 0 Å². The molecule has 144 valence electrons. The minimum Gasteiger partial charge on any atom is -0.354 e. The quantitative estimate of drug-likeness (QED) is 0.579. The number of aryl methyl sites for hydroxylation is 1. The number of benzene rings is 2. The maximum absolute atomic E-state index is 12.5. The van der Waals surface area contributed by atoms with Crippen molar-refractivity contribution in [1.82, 2.24) is 4.98 Å². The Morgan fingerprint density at radius 2 is 1.57 bits per heavy atom. The Kier molecular flexibility index (Phi) is 5.75. The van der Waals surface area contributed by atoms with Crippen LogP contribution in [0.3, 0.4) is 0 Å². The van der Waals surface area contributed by atoms with E-state index >= 15 is 0 Å². The molecule has 0 bridgehead atoms. The van der Waals surface area contributed by atoms with E-state index in [-0.39, 0.29) is 16.5 Å². The second-order valence-electron chi connectivity index (χ2n) is 6.29. The summed E-state index contributed by atoms with van der Waals surface area (Å²) in [6.45, 7) is 3.53. The molecule has 0 aliphatic carbocycles. The van der Waals surface area contributed by atoms with Gasteiger partial charge in [0.05, 0.1) is 16.8 Å². The standard InChI is InChI=1S/C21H21N3O3S/c1-3-16-4-11-20(12-5-16)28(26,27)24-21-13-10-19(14-22-21)23-18-8-6-17(7-9-18)15(2)25/h4-14,23H,3H2,1-2H3,(H,22,24). The summed E-state index contributed by atoms with van der Waals surface area (Å²) in [4.78, 5) is 15.7. The Hall–Kier alpha value is -3.19. The Labute approximate surface area is 164 Å². The number of anilines is 3. The average Bonchev–Trinajstić information content (AvgIpc) is 2.70. The summed E-state index contributed by atoms with van der Waals surface area (Å²) in [5, 5.41) is 3.15. The number of pyridine rings is 1. The second-order valence-corrected chi connectivity index (χ2v) is 7.98. The van der Waals surface area contributed by atoms with E-state index in [9.17, 15) is 13.2 Å². The van der Waals surface area contributed by atoms with Crippen LogP contribution in [0.4, 0.5) is 17.2 Å². The summed E-state index contributed by atoms with van der Waals surface area (Å²) in [5.74, 6) is 0.242. The third-order valence-corrected chi connectivity index (χ3v) is 5.60. The molecule has 2 aromatic carbocycles. The lowest BCUT2D eigenvalue weighted by Gasteiger charge is -2.10. The van der Waals surface area contributed by atoms with E-state index < -0.39 is 10.0 Å². The van der Waals surface area contributed by atoms with Gasteiger partial charge in [0.1, 0.15) is 5.82 Å². The van der Waals surface area contributed by atoms with Gasteiger partial charge < -0.3 is 5.32 Å². The molecule has 1 aromatic heterocycles. The van der Waals surface area contributed by atoms with Crippen LogP contribution in [-0.4, -0.2) is 19.2 Å². The Morgan fingerprint density at radius 1 is 0.929 bits per heavy atom. The third kappa shape index (κ3) is 4.75. The molecule has 0 fully saturated rings. The van der Waals surface area contributed by atoms with E-state index in [1.807, 2.05) is 6.92 Å². The van der Waals surface area contributed by atoms with Gasteiger partial charge in [0.2, 0.25) is 0 Å². The number of ketones is 1. The summed E-state index contributed by atoms with van der Waals surface area (Å²) in [6.07, 6.45) is 2.39. The predicted molar refractivity (Wildman–Crippen MR) is 111 cm³/mol. The molecule has 7 heteroatoms. The summed E-state index contributed by atoms with van der Waals surface area (Å²) >= 11 is 0. The second kappa shape index (κ2) is 8.22. The molecule has 0 aliphatic heterocycles. The van der Waals surface area contributed by atoms with Gasteiger partial charge in [-0.1, -0.05) is 19.1 Å². The van der Waals surface area contributed by atoms with Crippen LogP contribution in [0.15, 0.2) is 71.8 Å². The highest BCUT2D eigenvalue weighted by Crippen LogP contribution is 2.20. The molecule has 0 saturated carbocycles. The molecule has 1 heterocycles.